The summed E-state index contributed by atoms with van der Waals surface area (Å²) >= 11 is 8.04. The number of likely N-dealkylation sites (tertiary alicyclic amines) is 1. The molecule has 0 saturated carbocycles. The van der Waals surface area contributed by atoms with Gasteiger partial charge in [-0.25, -0.2) is 0 Å². The molecule has 1 aliphatic heterocycles. The van der Waals surface area contributed by atoms with Gasteiger partial charge in [0.25, 0.3) is 5.91 Å². The summed E-state index contributed by atoms with van der Waals surface area (Å²) in [6.07, 6.45) is 5.15. The summed E-state index contributed by atoms with van der Waals surface area (Å²) in [7, 11) is 0. The van der Waals surface area contributed by atoms with Crippen molar-refractivity contribution in [2.45, 2.75) is 18.9 Å². The van der Waals surface area contributed by atoms with E-state index < -0.39 is 0 Å². The number of hydrogen-bond acceptors (Lipinski definition) is 3. The molecular formula is C17H16ClIN2O2. The highest BCUT2D eigenvalue weighted by atomic mass is 127. The third kappa shape index (κ3) is 4.35. The van der Waals surface area contributed by atoms with Crippen LogP contribution in [-0.2, 0) is 0 Å². The average molecular weight is 443 g/mol. The number of ether oxygens (including phenoxy) is 1. The number of amides is 1. The molecule has 4 nitrogen and oxygen atoms in total. The minimum Gasteiger partial charge on any atom is -0.490 e. The monoisotopic (exact) mass is 442 g/mol. The first kappa shape index (κ1) is 16.5. The molecule has 1 amide bonds. The van der Waals surface area contributed by atoms with Gasteiger partial charge in [0.15, 0.2) is 0 Å². The largest absolute Gasteiger partial charge is 0.490 e. The van der Waals surface area contributed by atoms with Gasteiger partial charge in [-0.2, -0.15) is 0 Å². The second-order valence-corrected chi connectivity index (χ2v) is 7.14. The van der Waals surface area contributed by atoms with Gasteiger partial charge < -0.3 is 9.64 Å². The molecule has 1 fully saturated rings. The lowest BCUT2D eigenvalue weighted by Crippen LogP contribution is -2.41. The molecule has 0 atom stereocenters. The van der Waals surface area contributed by atoms with Crippen LogP contribution in [0.2, 0.25) is 5.02 Å². The van der Waals surface area contributed by atoms with E-state index >= 15 is 0 Å². The van der Waals surface area contributed by atoms with Crippen LogP contribution in [0.25, 0.3) is 0 Å². The highest BCUT2D eigenvalue weighted by molar-refractivity contribution is 14.1. The number of nitrogens with zero attached hydrogens (tertiary/aromatic N) is 2. The molecule has 1 saturated heterocycles. The fraction of sp³-hybridized carbons (Fsp3) is 0.294. The van der Waals surface area contributed by atoms with E-state index in [0.717, 1.165) is 22.2 Å². The standard InChI is InChI=1S/C17H16ClIN2O2/c18-13-1-3-15(4-2-13)23-16-5-7-21(8-6-16)17(22)12-9-14(19)11-20-10-12/h1-4,9-11,16H,5-8H2. The molecule has 0 bridgehead atoms. The van der Waals surface area contributed by atoms with E-state index in [-0.39, 0.29) is 12.0 Å². The maximum Gasteiger partial charge on any atom is 0.255 e. The van der Waals surface area contributed by atoms with Crippen molar-refractivity contribution in [1.29, 1.82) is 0 Å². The van der Waals surface area contributed by atoms with Gasteiger partial charge in [-0.3, -0.25) is 9.78 Å². The maximum absolute atomic E-state index is 12.5. The van der Waals surface area contributed by atoms with Gasteiger partial charge in [0, 0.05) is 46.9 Å². The Morgan fingerprint density at radius 2 is 1.91 bits per heavy atom. The zero-order valence-corrected chi connectivity index (χ0v) is 15.3. The van der Waals surface area contributed by atoms with Crippen LogP contribution in [0, 0.1) is 3.57 Å². The molecule has 0 spiro atoms. The molecule has 3 rings (SSSR count). The number of piperidine rings is 1. The first-order valence-electron chi connectivity index (χ1n) is 7.44. The lowest BCUT2D eigenvalue weighted by Gasteiger charge is -2.32. The van der Waals surface area contributed by atoms with Crippen LogP contribution in [0.5, 0.6) is 5.75 Å². The molecule has 6 heteroatoms. The van der Waals surface area contributed by atoms with Crippen LogP contribution < -0.4 is 4.74 Å². The van der Waals surface area contributed by atoms with Crippen molar-refractivity contribution in [1.82, 2.24) is 9.88 Å². The number of rotatable bonds is 3. The molecule has 0 radical (unpaired) electrons. The van der Waals surface area contributed by atoms with Crippen molar-refractivity contribution in [3.8, 4) is 5.75 Å². The first-order valence-corrected chi connectivity index (χ1v) is 8.89. The van der Waals surface area contributed by atoms with Crippen molar-refractivity contribution >= 4 is 40.1 Å². The summed E-state index contributed by atoms with van der Waals surface area (Å²) in [6.45, 7) is 1.39. The third-order valence-electron chi connectivity index (χ3n) is 3.80. The van der Waals surface area contributed by atoms with Crippen LogP contribution in [0.4, 0.5) is 0 Å². The SMILES string of the molecule is O=C(c1cncc(I)c1)N1CCC(Oc2ccc(Cl)cc2)CC1. The predicted molar refractivity (Wildman–Crippen MR) is 98.0 cm³/mol. The van der Waals surface area contributed by atoms with Crippen molar-refractivity contribution < 1.29 is 9.53 Å². The van der Waals surface area contributed by atoms with Gasteiger partial charge in [-0.05, 0) is 52.9 Å². The minimum atomic E-state index is 0.0426. The number of aromatic nitrogens is 1. The smallest absolute Gasteiger partial charge is 0.255 e. The number of pyridine rings is 1. The molecule has 1 aromatic heterocycles. The van der Waals surface area contributed by atoms with E-state index in [9.17, 15) is 4.79 Å². The van der Waals surface area contributed by atoms with Gasteiger partial charge in [0.05, 0.1) is 5.56 Å². The quantitative estimate of drug-likeness (QED) is 0.674. The molecule has 2 heterocycles. The summed E-state index contributed by atoms with van der Waals surface area (Å²) < 4.78 is 6.92. The molecule has 0 unspecified atom stereocenters. The topological polar surface area (TPSA) is 42.4 Å². The first-order chi connectivity index (χ1) is 11.1. The van der Waals surface area contributed by atoms with Crippen molar-refractivity contribution in [2.75, 3.05) is 13.1 Å². The Morgan fingerprint density at radius 1 is 1.22 bits per heavy atom. The zero-order chi connectivity index (χ0) is 16.2. The predicted octanol–water partition coefficient (Wildman–Crippen LogP) is 4.02. The molecule has 1 aliphatic rings. The number of halogens is 2. The van der Waals surface area contributed by atoms with E-state index in [1.165, 1.54) is 0 Å². The van der Waals surface area contributed by atoms with Gasteiger partial charge >= 0.3 is 0 Å². The van der Waals surface area contributed by atoms with E-state index in [1.807, 2.05) is 35.2 Å². The second kappa shape index (κ2) is 7.49. The van der Waals surface area contributed by atoms with Crippen LogP contribution in [0.3, 0.4) is 0 Å². The lowest BCUT2D eigenvalue weighted by molar-refractivity contribution is 0.0595. The number of benzene rings is 1. The number of carbonyl (C=O) groups is 1. The average Bonchev–Trinajstić information content (AvgIpc) is 2.57. The van der Waals surface area contributed by atoms with Crippen LogP contribution in [-0.4, -0.2) is 35.0 Å². The van der Waals surface area contributed by atoms with Crippen molar-refractivity contribution in [3.63, 3.8) is 0 Å². The Labute approximate surface area is 153 Å². The molecule has 23 heavy (non-hydrogen) atoms. The van der Waals surface area contributed by atoms with Crippen LogP contribution in [0.15, 0.2) is 42.7 Å². The Kier molecular flexibility index (Phi) is 5.38. The highest BCUT2D eigenvalue weighted by Gasteiger charge is 2.25. The highest BCUT2D eigenvalue weighted by Crippen LogP contribution is 2.22. The molecule has 1 aromatic carbocycles. The fourth-order valence-corrected chi connectivity index (χ4v) is 3.22. The van der Waals surface area contributed by atoms with E-state index in [0.29, 0.717) is 23.7 Å². The lowest BCUT2D eigenvalue weighted by atomic mass is 10.1. The fourth-order valence-electron chi connectivity index (χ4n) is 2.59. The number of hydrogen-bond donors (Lipinski definition) is 0. The summed E-state index contributed by atoms with van der Waals surface area (Å²) in [5.41, 5.74) is 0.647. The van der Waals surface area contributed by atoms with Crippen LogP contribution >= 0.6 is 34.2 Å². The summed E-state index contributed by atoms with van der Waals surface area (Å²) in [5.74, 6) is 0.863. The van der Waals surface area contributed by atoms with E-state index in [1.54, 1.807) is 12.4 Å². The van der Waals surface area contributed by atoms with Gasteiger partial charge in [-0.1, -0.05) is 11.6 Å². The number of carbonyl (C=O) groups excluding carboxylic acids is 1. The Bertz CT molecular complexity index is 685. The van der Waals surface area contributed by atoms with Gasteiger partial charge in [0.1, 0.15) is 11.9 Å². The molecule has 2 aromatic rings. The van der Waals surface area contributed by atoms with Gasteiger partial charge in [-0.15, -0.1) is 0 Å². The molecule has 120 valence electrons. The molecular weight excluding hydrogens is 427 g/mol. The summed E-state index contributed by atoms with van der Waals surface area (Å²) in [5, 5.41) is 0.698. The Morgan fingerprint density at radius 3 is 2.57 bits per heavy atom. The second-order valence-electron chi connectivity index (χ2n) is 5.46. The summed E-state index contributed by atoms with van der Waals surface area (Å²) in [4.78, 5) is 18.4. The molecule has 0 N–H and O–H groups in total. The zero-order valence-electron chi connectivity index (χ0n) is 12.4. The minimum absolute atomic E-state index is 0.0426. The van der Waals surface area contributed by atoms with E-state index in [4.69, 9.17) is 16.3 Å². The molecule has 0 aliphatic carbocycles. The normalized spacial score (nSPS) is 15.5. The Hall–Kier alpha value is -1.34. The maximum atomic E-state index is 12.5. The van der Waals surface area contributed by atoms with Crippen molar-refractivity contribution in [2.24, 2.45) is 0 Å². The third-order valence-corrected chi connectivity index (χ3v) is 4.64. The van der Waals surface area contributed by atoms with Crippen LogP contribution in [0.1, 0.15) is 23.2 Å². The summed E-state index contributed by atoms with van der Waals surface area (Å²) in [6, 6.07) is 9.25. The van der Waals surface area contributed by atoms with Crippen molar-refractivity contribution in [3.05, 3.63) is 56.9 Å². The Balaban J connectivity index is 1.55. The van der Waals surface area contributed by atoms with Gasteiger partial charge in [0.2, 0.25) is 0 Å². The van der Waals surface area contributed by atoms with E-state index in [2.05, 4.69) is 27.6 Å².